The Labute approximate surface area is 542 Å². The number of amides is 1. The van der Waals surface area contributed by atoms with E-state index in [1.165, 1.54) is 51.5 Å². The van der Waals surface area contributed by atoms with Gasteiger partial charge in [-0.3, -0.25) is 28.8 Å². The number of methoxy groups -OCH3 is 2. The summed E-state index contributed by atoms with van der Waals surface area (Å²) < 4.78 is 29.5. The van der Waals surface area contributed by atoms with E-state index in [2.05, 4.69) is 73.9 Å². The highest BCUT2D eigenvalue weighted by molar-refractivity contribution is 6.31. The van der Waals surface area contributed by atoms with E-state index in [1.807, 2.05) is 0 Å². The molecular weight excluding hydrogens is 1190 g/mol. The zero-order chi connectivity index (χ0) is 66.4. The lowest BCUT2D eigenvalue weighted by Crippen LogP contribution is -2.55. The van der Waals surface area contributed by atoms with E-state index >= 15 is 0 Å². The van der Waals surface area contributed by atoms with Crippen molar-refractivity contribution in [3.63, 3.8) is 0 Å². The molecule has 12 rings (SSSR count). The van der Waals surface area contributed by atoms with Crippen LogP contribution in [0.4, 0.5) is 0 Å². The second-order valence-corrected chi connectivity index (χ2v) is 28.4. The van der Waals surface area contributed by atoms with Crippen molar-refractivity contribution < 1.29 is 83.1 Å². The average Bonchev–Trinajstić information content (AvgIpc) is 1.45. The molecule has 0 spiro atoms. The van der Waals surface area contributed by atoms with E-state index in [9.17, 15) is 59.4 Å². The van der Waals surface area contributed by atoms with Gasteiger partial charge >= 0.3 is 17.9 Å². The van der Waals surface area contributed by atoms with Gasteiger partial charge in [-0.15, -0.1) is 6.58 Å². The number of benzene rings is 3. The van der Waals surface area contributed by atoms with Crippen LogP contribution >= 0.6 is 0 Å². The summed E-state index contributed by atoms with van der Waals surface area (Å²) in [6.07, 6.45) is 1.02. The van der Waals surface area contributed by atoms with Crippen LogP contribution < -0.4 is 36.1 Å². The second-order valence-electron chi connectivity index (χ2n) is 28.4. The van der Waals surface area contributed by atoms with Crippen molar-refractivity contribution in [1.29, 1.82) is 0 Å². The monoisotopic (exact) mass is 1290 g/mol. The topological polar surface area (TPSA) is 330 Å². The van der Waals surface area contributed by atoms with E-state index < -0.39 is 126 Å². The van der Waals surface area contributed by atoms with Gasteiger partial charge in [-0.2, -0.15) is 0 Å². The van der Waals surface area contributed by atoms with E-state index in [0.717, 1.165) is 25.7 Å². The molecule has 6 aliphatic heterocycles. The summed E-state index contributed by atoms with van der Waals surface area (Å²) in [6, 6.07) is 10.8. The molecule has 11 N–H and O–H groups in total. The van der Waals surface area contributed by atoms with Gasteiger partial charge in [0.05, 0.1) is 73.2 Å². The molecule has 22 heteroatoms. The fraction of sp³-hybridized carbons (Fsp3) is 0.606. The van der Waals surface area contributed by atoms with Crippen molar-refractivity contribution in [2.45, 2.75) is 196 Å². The highest BCUT2D eigenvalue weighted by Gasteiger charge is 2.64. The molecule has 1 saturated carbocycles. The summed E-state index contributed by atoms with van der Waals surface area (Å²) in [5, 5.41) is 88.6. The van der Waals surface area contributed by atoms with Gasteiger partial charge in [0.2, 0.25) is 11.7 Å². The van der Waals surface area contributed by atoms with Crippen LogP contribution in [-0.4, -0.2) is 165 Å². The van der Waals surface area contributed by atoms with Gasteiger partial charge in [0.25, 0.3) is 0 Å². The van der Waals surface area contributed by atoms with Gasteiger partial charge in [-0.1, -0.05) is 77.4 Å². The third-order valence-corrected chi connectivity index (χ3v) is 23.6. The Morgan fingerprint density at radius 3 is 2.13 bits per heavy atom. The number of fused-ring (bicyclic) bond motifs is 11. The van der Waals surface area contributed by atoms with E-state index in [0.29, 0.717) is 35.8 Å². The number of esters is 2. The minimum Gasteiger partial charge on any atom is -0.507 e. The van der Waals surface area contributed by atoms with Gasteiger partial charge < -0.3 is 80.9 Å². The molecule has 22 nitrogen and oxygen atoms in total. The number of hydrogen-bond donors (Lipinski definition) is 11. The molecular formula is C71H91N5O17. The Kier molecular flexibility index (Phi) is 18.7. The number of carbonyl (C=O) groups excluding carboxylic acids is 5. The zero-order valence-corrected chi connectivity index (χ0v) is 54.1. The number of carboxylic acids is 1. The number of carboxylic acid groups (broad SMARTS) is 1. The van der Waals surface area contributed by atoms with Crippen molar-refractivity contribution in [1.82, 2.24) is 26.6 Å². The lowest BCUT2D eigenvalue weighted by molar-refractivity contribution is -0.250. The van der Waals surface area contributed by atoms with Crippen molar-refractivity contribution in [3.8, 4) is 23.0 Å². The third kappa shape index (κ3) is 11.9. The van der Waals surface area contributed by atoms with Crippen LogP contribution in [0, 0.1) is 59.2 Å². The summed E-state index contributed by atoms with van der Waals surface area (Å²) >= 11 is 0. The predicted octanol–water partition coefficient (Wildman–Crippen LogP) is 5.40. The standard InChI is InChI=1S/C71H91N5O17/c1-10-36-30(3)41-23-43-32(5)38(62(75-43)58-61(70(87)90-9)67(84)55-33(6)44(76-63(55)58)25-46-37(11-2)31(4)42(73-46)24-45(36)72-41)20-22-53(80)92-48-17-13-12-15-35(48)19-21-51(77)74-47-26-54(91-34(7)64(47)81)93-50-28-71(88,29-52(78)79)27-40-57(50)69(86)59-60(66(40)83)68(85)56-39(65(59)82)16-14-18-49(56)89-8/h10,12-19,21,30-34,36-38,41-47,50,54-55,58,61-64,67,72-73,75-76,81,83-84,86,88H,1,11,20,22-29H2,2-9H3,(H,74,77)(H,78,79)/t30?,31?,32?,33?,34-,36?,37?,38?,41?,42?,43?,44?,45?,46?,47?,50+,54-,55?,58?,61?,62?,63?,64+,67?,71+/m1/s1. The zero-order valence-electron chi connectivity index (χ0n) is 54.1. The molecule has 0 aromatic heterocycles. The first-order valence-electron chi connectivity index (χ1n) is 33.4. The molecule has 3 aromatic carbocycles. The molecule has 502 valence electrons. The highest BCUT2D eigenvalue weighted by atomic mass is 16.7. The molecule has 6 heterocycles. The van der Waals surface area contributed by atoms with Gasteiger partial charge in [0.15, 0.2) is 12.1 Å². The Bertz CT molecular complexity index is 3470. The van der Waals surface area contributed by atoms with Crippen LogP contribution in [-0.2, 0) is 39.8 Å². The molecule has 9 aliphatic rings. The Hall–Kier alpha value is -6.60. The first kappa shape index (κ1) is 66.4. The molecule has 25 atom stereocenters. The SMILES string of the molecule is C=CC1C2CC3NC(CC4NC5C(C4C)C(O)C(C(=O)OC)C5C4NC(CC(N2)C1C)C(C)C4CCC(=O)Oc1ccccc1C=CC(=O)NC1C[C@@H](O[C@H]2C[C@](O)(CC(=O)O)Cc4c(O)c5c(c(O)c42)C(=O)c2cccc(OC)c2C5=O)O[C@H](C)[C@@H]1O)C(CC)C3C. The lowest BCUT2D eigenvalue weighted by Gasteiger charge is -2.43. The molecule has 20 unspecified atom stereocenters. The minimum absolute atomic E-state index is 0.0138. The quantitative estimate of drug-likeness (QED) is 0.0233. The largest absolute Gasteiger partial charge is 0.507 e. The fourth-order valence-corrected chi connectivity index (χ4v) is 19.0. The number of aliphatic carboxylic acids is 1. The second kappa shape index (κ2) is 26.2. The van der Waals surface area contributed by atoms with Crippen molar-refractivity contribution >= 4 is 41.5 Å². The number of para-hydroxylation sites is 1. The third-order valence-electron chi connectivity index (χ3n) is 23.6. The van der Waals surface area contributed by atoms with Crippen molar-refractivity contribution in [2.24, 2.45) is 59.2 Å². The molecule has 0 radical (unpaired) electrons. The summed E-state index contributed by atoms with van der Waals surface area (Å²) in [5.41, 5.74) is -3.38. The molecule has 7 fully saturated rings. The van der Waals surface area contributed by atoms with Crippen LogP contribution in [0.5, 0.6) is 23.0 Å². The number of hydrogen-bond acceptors (Lipinski definition) is 20. The summed E-state index contributed by atoms with van der Waals surface area (Å²) in [7, 11) is 2.69. The first-order chi connectivity index (χ1) is 44.4. The lowest BCUT2D eigenvalue weighted by atomic mass is 9.72. The molecule has 3 aliphatic carbocycles. The molecule has 93 heavy (non-hydrogen) atoms. The van der Waals surface area contributed by atoms with Crippen LogP contribution in [0.1, 0.15) is 154 Å². The summed E-state index contributed by atoms with van der Waals surface area (Å²) in [6.45, 7) is 17.3. The Morgan fingerprint density at radius 2 is 1.41 bits per heavy atom. The van der Waals surface area contributed by atoms with E-state index in [1.54, 1.807) is 24.3 Å². The average molecular weight is 1290 g/mol. The van der Waals surface area contributed by atoms with Gasteiger partial charge in [-0.05, 0) is 92.2 Å². The number of phenolic OH excluding ortho intramolecular Hbond substituents is 2. The number of nitrogens with one attached hydrogen (secondary N) is 5. The fourth-order valence-electron chi connectivity index (χ4n) is 19.0. The Morgan fingerprint density at radius 1 is 0.753 bits per heavy atom. The van der Waals surface area contributed by atoms with Gasteiger partial charge in [-0.25, -0.2) is 0 Å². The minimum atomic E-state index is -2.11. The number of aliphatic hydroxyl groups is 3. The predicted molar refractivity (Wildman–Crippen MR) is 339 cm³/mol. The maximum Gasteiger partial charge on any atom is 0.311 e. The normalized spacial score (nSPS) is 39.0. The molecule has 8 bridgehead atoms. The van der Waals surface area contributed by atoms with Gasteiger partial charge in [0, 0.05) is 114 Å². The smallest absolute Gasteiger partial charge is 0.311 e. The summed E-state index contributed by atoms with van der Waals surface area (Å²) in [5.74, 6) is -5.59. The molecule has 1 amide bonds. The van der Waals surface area contributed by atoms with Crippen LogP contribution in [0.25, 0.3) is 6.08 Å². The maximum atomic E-state index is 14.3. The van der Waals surface area contributed by atoms with Crippen molar-refractivity contribution in [2.75, 3.05) is 14.2 Å². The Balaban J connectivity index is 0.747. The number of ketones is 2. The maximum absolute atomic E-state index is 14.3. The number of ether oxygens (including phenoxy) is 5. The van der Waals surface area contributed by atoms with Crippen molar-refractivity contribution in [3.05, 3.63) is 100 Å². The summed E-state index contributed by atoms with van der Waals surface area (Å²) in [4.78, 5) is 82.6. The number of aliphatic hydroxyl groups excluding tert-OH is 2. The molecule has 3 aromatic rings. The molecule has 6 saturated heterocycles. The van der Waals surface area contributed by atoms with Crippen LogP contribution in [0.3, 0.4) is 0 Å². The van der Waals surface area contributed by atoms with E-state index in [-0.39, 0.29) is 124 Å². The number of carbonyl (C=O) groups is 6. The number of aromatic hydroxyl groups is 2. The number of phenols is 2. The first-order valence-corrected chi connectivity index (χ1v) is 33.4. The highest BCUT2D eigenvalue weighted by Crippen LogP contribution is 2.56. The van der Waals surface area contributed by atoms with E-state index in [4.69, 9.17) is 23.7 Å². The van der Waals surface area contributed by atoms with Crippen LogP contribution in [0.15, 0.2) is 61.2 Å². The number of rotatable bonds is 15. The van der Waals surface area contributed by atoms with Crippen LogP contribution in [0.2, 0.25) is 0 Å². The van der Waals surface area contributed by atoms with Gasteiger partial charge in [0.1, 0.15) is 29.1 Å².